The molecule has 1 unspecified atom stereocenters. The molecule has 1 amide bonds. The van der Waals surface area contributed by atoms with E-state index >= 15 is 0 Å². The highest BCUT2D eigenvalue weighted by Gasteiger charge is 2.33. The third-order valence-electron chi connectivity index (χ3n) is 2.10. The van der Waals surface area contributed by atoms with Crippen LogP contribution in [0, 0.1) is 17.1 Å². The van der Waals surface area contributed by atoms with E-state index in [9.17, 15) is 9.18 Å². The Hall–Kier alpha value is -2.09. The maximum Gasteiger partial charge on any atom is 0.415 e. The smallest absolute Gasteiger partial charge is 0.415 e. The van der Waals surface area contributed by atoms with Crippen molar-refractivity contribution in [3.63, 3.8) is 0 Å². The van der Waals surface area contributed by atoms with Crippen molar-refractivity contribution in [1.29, 1.82) is 5.26 Å². The van der Waals surface area contributed by atoms with Crippen LogP contribution in [-0.2, 0) is 4.74 Å². The maximum absolute atomic E-state index is 13.3. The number of cyclic esters (lactones) is 1. The van der Waals surface area contributed by atoms with Crippen molar-refractivity contribution in [2.45, 2.75) is 6.10 Å². The molecule has 0 bridgehead atoms. The minimum Gasteiger partial charge on any atom is -0.428 e. The molecule has 0 saturated carbocycles. The zero-order valence-electron chi connectivity index (χ0n) is 7.68. The van der Waals surface area contributed by atoms with Crippen molar-refractivity contribution in [3.05, 3.63) is 30.1 Å². The molecule has 1 aromatic carbocycles. The molecule has 1 saturated heterocycles. The highest BCUT2D eigenvalue weighted by molar-refractivity contribution is 5.90. The van der Waals surface area contributed by atoms with Crippen molar-refractivity contribution in [1.82, 2.24) is 0 Å². The van der Waals surface area contributed by atoms with Crippen molar-refractivity contribution in [2.75, 3.05) is 11.4 Å². The van der Waals surface area contributed by atoms with Gasteiger partial charge in [0, 0.05) is 0 Å². The van der Waals surface area contributed by atoms with E-state index in [1.807, 2.05) is 0 Å². The van der Waals surface area contributed by atoms with Gasteiger partial charge in [-0.3, -0.25) is 4.90 Å². The summed E-state index contributed by atoms with van der Waals surface area (Å²) in [7, 11) is 0. The van der Waals surface area contributed by atoms with Crippen LogP contribution in [0.15, 0.2) is 24.3 Å². The van der Waals surface area contributed by atoms with Crippen molar-refractivity contribution in [3.8, 4) is 6.07 Å². The first-order chi connectivity index (χ1) is 7.22. The summed E-state index contributed by atoms with van der Waals surface area (Å²) in [5, 5.41) is 8.57. The molecule has 2 rings (SSSR count). The summed E-state index contributed by atoms with van der Waals surface area (Å²) in [5.41, 5.74) is 0.139. The molecule has 1 heterocycles. The van der Waals surface area contributed by atoms with Crippen LogP contribution < -0.4 is 4.90 Å². The zero-order valence-corrected chi connectivity index (χ0v) is 7.68. The fraction of sp³-hybridized carbons (Fsp3) is 0.200. The molecule has 0 spiro atoms. The molecular formula is C10H7FN2O2. The highest BCUT2D eigenvalue weighted by Crippen LogP contribution is 2.23. The average molecular weight is 206 g/mol. The molecule has 1 aliphatic rings. The largest absolute Gasteiger partial charge is 0.428 e. The second kappa shape index (κ2) is 3.58. The normalized spacial score (nSPS) is 19.9. The van der Waals surface area contributed by atoms with Gasteiger partial charge in [-0.05, 0) is 12.1 Å². The van der Waals surface area contributed by atoms with Gasteiger partial charge in [0.05, 0.1) is 12.2 Å². The number of benzene rings is 1. The van der Waals surface area contributed by atoms with Gasteiger partial charge in [-0.2, -0.15) is 5.26 Å². The van der Waals surface area contributed by atoms with Gasteiger partial charge in [-0.25, -0.2) is 9.18 Å². The number of carbonyl (C=O) groups is 1. The molecule has 4 nitrogen and oxygen atoms in total. The zero-order chi connectivity index (χ0) is 10.8. The minimum atomic E-state index is -0.822. The van der Waals surface area contributed by atoms with Crippen molar-refractivity contribution in [2.24, 2.45) is 0 Å². The third-order valence-corrected chi connectivity index (χ3v) is 2.10. The molecule has 1 aromatic rings. The summed E-state index contributed by atoms with van der Waals surface area (Å²) >= 11 is 0. The molecule has 76 valence electrons. The number of amides is 1. The van der Waals surface area contributed by atoms with E-state index < -0.39 is 18.0 Å². The van der Waals surface area contributed by atoms with E-state index in [0.717, 1.165) is 4.90 Å². The van der Waals surface area contributed by atoms with E-state index in [1.165, 1.54) is 18.2 Å². The Morgan fingerprint density at radius 1 is 1.53 bits per heavy atom. The van der Waals surface area contributed by atoms with E-state index in [2.05, 4.69) is 0 Å². The number of hydrogen-bond acceptors (Lipinski definition) is 3. The molecule has 15 heavy (non-hydrogen) atoms. The fourth-order valence-corrected chi connectivity index (χ4v) is 1.40. The van der Waals surface area contributed by atoms with Crippen LogP contribution in [0.3, 0.4) is 0 Å². The van der Waals surface area contributed by atoms with Crippen LogP contribution in [0.5, 0.6) is 0 Å². The average Bonchev–Trinajstić information content (AvgIpc) is 2.60. The van der Waals surface area contributed by atoms with Gasteiger partial charge in [0.2, 0.25) is 6.10 Å². The van der Waals surface area contributed by atoms with Gasteiger partial charge in [-0.15, -0.1) is 0 Å². The number of ether oxygens (including phenoxy) is 1. The quantitative estimate of drug-likeness (QED) is 0.702. The lowest BCUT2D eigenvalue weighted by Crippen LogP contribution is -2.25. The standard InChI is InChI=1S/C10H7FN2O2/c11-8-3-1-2-4-9(8)13-6-7(5-12)15-10(13)14/h1-4,7H,6H2. The molecular weight excluding hydrogens is 199 g/mol. The number of hydrogen-bond donors (Lipinski definition) is 0. The van der Waals surface area contributed by atoms with Crippen molar-refractivity contribution < 1.29 is 13.9 Å². The van der Waals surface area contributed by atoms with Crippen LogP contribution in [0.25, 0.3) is 0 Å². The van der Waals surface area contributed by atoms with E-state index in [-0.39, 0.29) is 12.2 Å². The summed E-state index contributed by atoms with van der Waals surface area (Å²) in [5.74, 6) is -0.506. The lowest BCUT2D eigenvalue weighted by Gasteiger charge is -2.12. The van der Waals surface area contributed by atoms with Gasteiger partial charge in [-0.1, -0.05) is 12.1 Å². The van der Waals surface area contributed by atoms with Crippen LogP contribution >= 0.6 is 0 Å². The second-order valence-electron chi connectivity index (χ2n) is 3.06. The first-order valence-electron chi connectivity index (χ1n) is 4.34. The number of rotatable bonds is 1. The van der Waals surface area contributed by atoms with E-state index in [0.29, 0.717) is 0 Å². The monoisotopic (exact) mass is 206 g/mol. The lowest BCUT2D eigenvalue weighted by molar-refractivity contribution is 0.162. The Balaban J connectivity index is 2.30. The molecule has 1 fully saturated rings. The van der Waals surface area contributed by atoms with Crippen LogP contribution in [0.2, 0.25) is 0 Å². The van der Waals surface area contributed by atoms with Gasteiger partial charge in [0.1, 0.15) is 11.9 Å². The molecule has 5 heteroatoms. The molecule has 1 atom stereocenters. The summed E-state index contributed by atoms with van der Waals surface area (Å²) in [4.78, 5) is 12.4. The number of nitrogens with zero attached hydrogens (tertiary/aromatic N) is 2. The van der Waals surface area contributed by atoms with E-state index in [4.69, 9.17) is 10.00 Å². The fourth-order valence-electron chi connectivity index (χ4n) is 1.40. The number of anilines is 1. The van der Waals surface area contributed by atoms with Gasteiger partial charge >= 0.3 is 6.09 Å². The Morgan fingerprint density at radius 3 is 2.87 bits per heavy atom. The Morgan fingerprint density at radius 2 is 2.27 bits per heavy atom. The second-order valence-corrected chi connectivity index (χ2v) is 3.06. The molecule has 1 aliphatic heterocycles. The summed E-state index contributed by atoms with van der Waals surface area (Å²) in [6.07, 6.45) is -1.51. The molecule has 0 radical (unpaired) electrons. The Bertz CT molecular complexity index is 441. The molecule has 0 N–H and O–H groups in total. The number of halogens is 1. The highest BCUT2D eigenvalue weighted by atomic mass is 19.1. The first-order valence-corrected chi connectivity index (χ1v) is 4.34. The van der Waals surface area contributed by atoms with Gasteiger partial charge in [0.25, 0.3) is 0 Å². The lowest BCUT2D eigenvalue weighted by atomic mass is 10.2. The van der Waals surface area contributed by atoms with E-state index in [1.54, 1.807) is 12.1 Å². The predicted octanol–water partition coefficient (Wildman–Crippen LogP) is 1.67. The van der Waals surface area contributed by atoms with Crippen LogP contribution in [0.1, 0.15) is 0 Å². The summed E-state index contributed by atoms with van der Waals surface area (Å²) < 4.78 is 18.0. The predicted molar refractivity (Wildman–Crippen MR) is 49.6 cm³/mol. The van der Waals surface area contributed by atoms with Crippen LogP contribution in [0.4, 0.5) is 14.9 Å². The Kier molecular flexibility index (Phi) is 2.26. The number of carbonyl (C=O) groups excluding carboxylic acids is 1. The van der Waals surface area contributed by atoms with Gasteiger partial charge in [0.15, 0.2) is 0 Å². The minimum absolute atomic E-state index is 0.0657. The number of para-hydroxylation sites is 1. The summed E-state index contributed by atoms with van der Waals surface area (Å²) in [6, 6.07) is 7.67. The first kappa shape index (κ1) is 9.46. The van der Waals surface area contributed by atoms with Crippen molar-refractivity contribution >= 4 is 11.8 Å². The topological polar surface area (TPSA) is 53.3 Å². The third kappa shape index (κ3) is 1.62. The van der Waals surface area contributed by atoms with Crippen LogP contribution in [-0.4, -0.2) is 18.7 Å². The Labute approximate surface area is 85.5 Å². The summed E-state index contributed by atoms with van der Waals surface area (Å²) in [6.45, 7) is 0.0657. The molecule has 0 aromatic heterocycles. The maximum atomic E-state index is 13.3. The van der Waals surface area contributed by atoms with Gasteiger partial charge < -0.3 is 4.74 Å². The SMILES string of the molecule is N#CC1CN(c2ccccc2F)C(=O)O1. The number of nitriles is 1. The molecule has 0 aliphatic carbocycles.